The number of halogens is 3. The van der Waals surface area contributed by atoms with Crippen LogP contribution in [0.1, 0.15) is 24.1 Å². The molecule has 1 unspecified atom stereocenters. The second-order valence-electron chi connectivity index (χ2n) is 4.15. The third kappa shape index (κ3) is 4.82. The van der Waals surface area contributed by atoms with E-state index in [-0.39, 0.29) is 18.7 Å². The van der Waals surface area contributed by atoms with Gasteiger partial charge in [-0.05, 0) is 18.2 Å². The smallest absolute Gasteiger partial charge is 0.416 e. The zero-order valence-corrected chi connectivity index (χ0v) is 11.0. The van der Waals surface area contributed by atoms with E-state index in [2.05, 4.69) is 5.32 Å². The monoisotopic (exact) mass is 290 g/mol. The summed E-state index contributed by atoms with van der Waals surface area (Å²) in [5.41, 5.74) is 4.78. The third-order valence-corrected chi connectivity index (χ3v) is 2.61. The van der Waals surface area contributed by atoms with Crippen LogP contribution < -0.4 is 11.1 Å². The molecule has 1 aromatic rings. The summed E-state index contributed by atoms with van der Waals surface area (Å²) in [5.74, 6) is -0.549. The number of carbonyl (C=O) groups is 1. The van der Waals surface area contributed by atoms with Crippen LogP contribution in [-0.2, 0) is 15.7 Å². The quantitative estimate of drug-likeness (QED) is 0.785. The van der Waals surface area contributed by atoms with Crippen LogP contribution in [0, 0.1) is 0 Å². The lowest BCUT2D eigenvalue weighted by Gasteiger charge is -2.18. The number of likely N-dealkylation sites (N-methyl/N-ethyl adjacent to an activating group) is 1. The fourth-order valence-corrected chi connectivity index (χ4v) is 1.63. The van der Waals surface area contributed by atoms with E-state index in [9.17, 15) is 18.0 Å². The fraction of sp³-hybridized carbons (Fsp3) is 0.462. The SMILES string of the molecule is CCNCC(=O)OCC(N)c1ccccc1C(F)(F)F. The highest BCUT2D eigenvalue weighted by Gasteiger charge is 2.34. The van der Waals surface area contributed by atoms with Crippen molar-refractivity contribution in [3.63, 3.8) is 0 Å². The molecule has 112 valence electrons. The number of nitrogens with one attached hydrogen (secondary N) is 1. The number of nitrogens with two attached hydrogens (primary N) is 1. The summed E-state index contributed by atoms with van der Waals surface area (Å²) >= 11 is 0. The van der Waals surface area contributed by atoms with Crippen LogP contribution in [-0.4, -0.2) is 25.7 Å². The average molecular weight is 290 g/mol. The van der Waals surface area contributed by atoms with Crippen molar-refractivity contribution >= 4 is 5.97 Å². The van der Waals surface area contributed by atoms with E-state index in [4.69, 9.17) is 10.5 Å². The van der Waals surface area contributed by atoms with Crippen molar-refractivity contribution in [3.8, 4) is 0 Å². The summed E-state index contributed by atoms with van der Waals surface area (Å²) in [4.78, 5) is 11.3. The summed E-state index contributed by atoms with van der Waals surface area (Å²) in [5, 5.41) is 2.75. The van der Waals surface area contributed by atoms with Crippen LogP contribution in [0.5, 0.6) is 0 Å². The van der Waals surface area contributed by atoms with E-state index in [0.29, 0.717) is 6.54 Å². The van der Waals surface area contributed by atoms with Gasteiger partial charge in [-0.2, -0.15) is 13.2 Å². The molecule has 1 atom stereocenters. The first-order valence-electron chi connectivity index (χ1n) is 6.14. The standard InChI is InChI=1S/C13H17F3N2O2/c1-2-18-7-12(19)20-8-11(17)9-5-3-4-6-10(9)13(14,15)16/h3-6,11,18H,2,7-8,17H2,1H3. The van der Waals surface area contributed by atoms with Crippen molar-refractivity contribution < 1.29 is 22.7 Å². The second kappa shape index (κ2) is 7.25. The molecule has 0 radical (unpaired) electrons. The molecular weight excluding hydrogens is 273 g/mol. The van der Waals surface area contributed by atoms with Crippen molar-refractivity contribution in [2.24, 2.45) is 5.73 Å². The first kappa shape index (κ1) is 16.5. The van der Waals surface area contributed by atoms with Gasteiger partial charge in [0.1, 0.15) is 6.61 Å². The van der Waals surface area contributed by atoms with Gasteiger partial charge in [-0.3, -0.25) is 4.79 Å². The molecule has 0 heterocycles. The molecule has 0 aliphatic heterocycles. The lowest BCUT2D eigenvalue weighted by molar-refractivity contribution is -0.143. The van der Waals surface area contributed by atoms with E-state index < -0.39 is 23.8 Å². The Balaban J connectivity index is 2.69. The Kier molecular flexibility index (Phi) is 5.97. The van der Waals surface area contributed by atoms with Crippen LogP contribution in [0.3, 0.4) is 0 Å². The molecule has 20 heavy (non-hydrogen) atoms. The molecule has 4 nitrogen and oxygen atoms in total. The van der Waals surface area contributed by atoms with Gasteiger partial charge in [0.25, 0.3) is 0 Å². The first-order valence-corrected chi connectivity index (χ1v) is 6.14. The van der Waals surface area contributed by atoms with E-state index in [1.807, 2.05) is 6.92 Å². The molecule has 1 aromatic carbocycles. The summed E-state index contributed by atoms with van der Waals surface area (Å²) in [6.07, 6.45) is -4.48. The number of ether oxygens (including phenoxy) is 1. The summed E-state index contributed by atoms with van der Waals surface area (Å²) in [6.45, 7) is 2.12. The molecule has 0 aliphatic rings. The van der Waals surface area contributed by atoms with Crippen LogP contribution >= 0.6 is 0 Å². The van der Waals surface area contributed by atoms with Crippen LogP contribution in [0.25, 0.3) is 0 Å². The maximum Gasteiger partial charge on any atom is 0.416 e. The van der Waals surface area contributed by atoms with E-state index in [0.717, 1.165) is 6.07 Å². The fourth-order valence-electron chi connectivity index (χ4n) is 1.63. The molecule has 0 bridgehead atoms. The summed E-state index contributed by atoms with van der Waals surface area (Å²) in [6, 6.07) is 3.97. The molecular formula is C13H17F3N2O2. The van der Waals surface area contributed by atoms with Gasteiger partial charge >= 0.3 is 12.1 Å². The van der Waals surface area contributed by atoms with Crippen LogP contribution in [0.2, 0.25) is 0 Å². The van der Waals surface area contributed by atoms with E-state index >= 15 is 0 Å². The number of alkyl halides is 3. The van der Waals surface area contributed by atoms with Gasteiger partial charge < -0.3 is 15.8 Å². The number of benzene rings is 1. The number of hydrogen-bond acceptors (Lipinski definition) is 4. The van der Waals surface area contributed by atoms with Gasteiger partial charge in [0.05, 0.1) is 18.2 Å². The Morgan fingerprint density at radius 3 is 2.65 bits per heavy atom. The first-order chi connectivity index (χ1) is 9.36. The van der Waals surface area contributed by atoms with Gasteiger partial charge in [0.2, 0.25) is 0 Å². The topological polar surface area (TPSA) is 64.3 Å². The summed E-state index contributed by atoms with van der Waals surface area (Å²) < 4.78 is 43.2. The van der Waals surface area contributed by atoms with E-state index in [1.165, 1.54) is 18.2 Å². The second-order valence-corrected chi connectivity index (χ2v) is 4.15. The Hall–Kier alpha value is -1.60. The highest BCUT2D eigenvalue weighted by molar-refractivity contribution is 5.71. The lowest BCUT2D eigenvalue weighted by atomic mass is 10.0. The van der Waals surface area contributed by atoms with Crippen LogP contribution in [0.15, 0.2) is 24.3 Å². The number of hydrogen-bond donors (Lipinski definition) is 2. The molecule has 7 heteroatoms. The van der Waals surface area contributed by atoms with E-state index in [1.54, 1.807) is 0 Å². The molecule has 0 spiro atoms. The molecule has 0 saturated heterocycles. The van der Waals surface area contributed by atoms with Crippen LogP contribution in [0.4, 0.5) is 13.2 Å². The molecule has 0 aromatic heterocycles. The van der Waals surface area contributed by atoms with Crippen molar-refractivity contribution in [3.05, 3.63) is 35.4 Å². The van der Waals surface area contributed by atoms with Crippen molar-refractivity contribution in [1.29, 1.82) is 0 Å². The third-order valence-electron chi connectivity index (χ3n) is 2.61. The largest absolute Gasteiger partial charge is 0.463 e. The Bertz CT molecular complexity index is 449. The van der Waals surface area contributed by atoms with Gasteiger partial charge in [-0.25, -0.2) is 0 Å². The lowest BCUT2D eigenvalue weighted by Crippen LogP contribution is -2.28. The minimum atomic E-state index is -4.48. The van der Waals surface area contributed by atoms with Crippen molar-refractivity contribution in [2.75, 3.05) is 19.7 Å². The van der Waals surface area contributed by atoms with Gasteiger partial charge in [0, 0.05) is 0 Å². The molecule has 1 rings (SSSR count). The predicted molar refractivity (Wildman–Crippen MR) is 67.9 cm³/mol. The molecule has 3 N–H and O–H groups in total. The number of rotatable bonds is 6. The number of carbonyl (C=O) groups excluding carboxylic acids is 1. The maximum atomic E-state index is 12.8. The highest BCUT2D eigenvalue weighted by Crippen LogP contribution is 2.33. The minimum Gasteiger partial charge on any atom is -0.463 e. The van der Waals surface area contributed by atoms with Crippen molar-refractivity contribution in [2.45, 2.75) is 19.1 Å². The average Bonchev–Trinajstić information content (AvgIpc) is 2.41. The predicted octanol–water partition coefficient (Wildman–Crippen LogP) is 1.86. The Morgan fingerprint density at radius 2 is 2.05 bits per heavy atom. The summed E-state index contributed by atoms with van der Waals surface area (Å²) in [7, 11) is 0. The molecule has 0 amide bonds. The van der Waals surface area contributed by atoms with Crippen molar-refractivity contribution in [1.82, 2.24) is 5.32 Å². The molecule has 0 saturated carbocycles. The zero-order valence-electron chi connectivity index (χ0n) is 11.0. The van der Waals surface area contributed by atoms with Gasteiger partial charge in [-0.1, -0.05) is 25.1 Å². The number of esters is 1. The Labute approximate surface area is 115 Å². The molecule has 0 fully saturated rings. The highest BCUT2D eigenvalue weighted by atomic mass is 19.4. The Morgan fingerprint density at radius 1 is 1.40 bits per heavy atom. The molecule has 0 aliphatic carbocycles. The minimum absolute atomic E-state index is 0.00410. The maximum absolute atomic E-state index is 12.8. The van der Waals surface area contributed by atoms with Gasteiger partial charge in [-0.15, -0.1) is 0 Å². The van der Waals surface area contributed by atoms with Gasteiger partial charge in [0.15, 0.2) is 0 Å². The normalized spacial score (nSPS) is 13.1. The zero-order chi connectivity index (χ0) is 15.2.